The summed E-state index contributed by atoms with van der Waals surface area (Å²) in [6, 6.07) is 10.8. The van der Waals surface area contributed by atoms with E-state index in [1.807, 2.05) is 0 Å². The largest absolute Gasteiger partial charge is 0.363 e. The number of hydrogen-bond acceptors (Lipinski definition) is 3. The van der Waals surface area contributed by atoms with E-state index in [4.69, 9.17) is 5.73 Å². The molecule has 0 aliphatic carbocycles. The van der Waals surface area contributed by atoms with E-state index in [1.54, 1.807) is 0 Å². The normalized spacial score (nSPS) is 23.8. The van der Waals surface area contributed by atoms with E-state index in [1.165, 1.54) is 37.9 Å². The van der Waals surface area contributed by atoms with Crippen molar-refractivity contribution in [2.75, 3.05) is 38.1 Å². The molecule has 0 bridgehead atoms. The van der Waals surface area contributed by atoms with Gasteiger partial charge in [-0.3, -0.25) is 0 Å². The van der Waals surface area contributed by atoms with Crippen LogP contribution >= 0.6 is 0 Å². The fourth-order valence-corrected chi connectivity index (χ4v) is 3.40. The lowest BCUT2D eigenvalue weighted by Gasteiger charge is -2.50. The third-order valence-corrected chi connectivity index (χ3v) is 4.50. The van der Waals surface area contributed by atoms with Crippen molar-refractivity contribution >= 4 is 5.69 Å². The topological polar surface area (TPSA) is 32.5 Å². The Kier molecular flexibility index (Phi) is 5.44. The van der Waals surface area contributed by atoms with Crippen molar-refractivity contribution in [2.45, 2.75) is 38.1 Å². The molecule has 1 atom stereocenters. The summed E-state index contributed by atoms with van der Waals surface area (Å²) in [5, 5.41) is 0. The van der Waals surface area contributed by atoms with Crippen LogP contribution in [0.2, 0.25) is 0 Å². The Hall–Kier alpha value is -1.06. The lowest BCUT2D eigenvalue weighted by atomic mass is 9.86. The number of hydrogen-bond donors (Lipinski definition) is 1. The van der Waals surface area contributed by atoms with E-state index in [9.17, 15) is 0 Å². The molecule has 112 valence electrons. The van der Waals surface area contributed by atoms with Crippen molar-refractivity contribution in [1.82, 2.24) is 4.90 Å². The SMILES string of the molecule is CCCCN(c1ccccc1)C1(CN)CCCN(C)C1. The van der Waals surface area contributed by atoms with Crippen LogP contribution < -0.4 is 10.6 Å². The Balaban J connectivity index is 2.28. The minimum atomic E-state index is 0.101. The molecule has 0 spiro atoms. The maximum absolute atomic E-state index is 6.24. The fourth-order valence-electron chi connectivity index (χ4n) is 3.40. The minimum absolute atomic E-state index is 0.101. The molecule has 0 aromatic heterocycles. The van der Waals surface area contributed by atoms with Crippen LogP contribution in [0.15, 0.2) is 30.3 Å². The molecule has 0 amide bonds. The molecule has 20 heavy (non-hydrogen) atoms. The van der Waals surface area contributed by atoms with Crippen LogP contribution in [0.4, 0.5) is 5.69 Å². The van der Waals surface area contributed by atoms with E-state index >= 15 is 0 Å². The fraction of sp³-hybridized carbons (Fsp3) is 0.647. The second-order valence-electron chi connectivity index (χ2n) is 6.11. The first-order valence-corrected chi connectivity index (χ1v) is 7.93. The number of likely N-dealkylation sites (tertiary alicyclic amines) is 1. The van der Waals surface area contributed by atoms with Gasteiger partial charge in [0.05, 0.1) is 5.54 Å². The second kappa shape index (κ2) is 7.09. The van der Waals surface area contributed by atoms with Crippen molar-refractivity contribution in [3.8, 4) is 0 Å². The lowest BCUT2D eigenvalue weighted by Crippen LogP contribution is -2.62. The molecule has 1 saturated heterocycles. The average Bonchev–Trinajstić information content (AvgIpc) is 2.49. The first kappa shape index (κ1) is 15.3. The highest BCUT2D eigenvalue weighted by Gasteiger charge is 2.38. The Morgan fingerprint density at radius 3 is 2.65 bits per heavy atom. The highest BCUT2D eigenvalue weighted by Crippen LogP contribution is 2.31. The first-order valence-electron chi connectivity index (χ1n) is 7.93. The van der Waals surface area contributed by atoms with Crippen LogP contribution in [-0.4, -0.2) is 43.7 Å². The summed E-state index contributed by atoms with van der Waals surface area (Å²) in [4.78, 5) is 5.00. The number of anilines is 1. The van der Waals surface area contributed by atoms with Gasteiger partial charge < -0.3 is 15.5 Å². The molecule has 1 aliphatic rings. The number of nitrogens with two attached hydrogens (primary N) is 1. The van der Waals surface area contributed by atoms with Gasteiger partial charge >= 0.3 is 0 Å². The quantitative estimate of drug-likeness (QED) is 0.866. The van der Waals surface area contributed by atoms with Gasteiger partial charge in [0.25, 0.3) is 0 Å². The second-order valence-corrected chi connectivity index (χ2v) is 6.11. The predicted molar refractivity (Wildman–Crippen MR) is 87.2 cm³/mol. The Morgan fingerprint density at radius 1 is 1.30 bits per heavy atom. The summed E-state index contributed by atoms with van der Waals surface area (Å²) in [5.41, 5.74) is 7.66. The van der Waals surface area contributed by atoms with Gasteiger partial charge in [0, 0.05) is 25.3 Å². The number of nitrogens with zero attached hydrogens (tertiary/aromatic N) is 2. The summed E-state index contributed by atoms with van der Waals surface area (Å²) in [6.45, 7) is 6.35. The Bertz CT molecular complexity index is 392. The van der Waals surface area contributed by atoms with Gasteiger partial charge in [-0.25, -0.2) is 0 Å². The van der Waals surface area contributed by atoms with Gasteiger partial charge in [-0.05, 0) is 45.0 Å². The maximum Gasteiger partial charge on any atom is 0.0650 e. The van der Waals surface area contributed by atoms with Gasteiger partial charge in [0.2, 0.25) is 0 Å². The number of unbranched alkanes of at least 4 members (excludes halogenated alkanes) is 1. The first-order chi connectivity index (χ1) is 9.72. The van der Waals surface area contributed by atoms with Crippen molar-refractivity contribution in [1.29, 1.82) is 0 Å². The maximum atomic E-state index is 6.24. The number of para-hydroxylation sites is 1. The van der Waals surface area contributed by atoms with Gasteiger partial charge in [-0.15, -0.1) is 0 Å². The lowest BCUT2D eigenvalue weighted by molar-refractivity contribution is 0.173. The molecular formula is C17H29N3. The van der Waals surface area contributed by atoms with E-state index < -0.39 is 0 Å². The zero-order chi connectivity index (χ0) is 14.4. The average molecular weight is 275 g/mol. The van der Waals surface area contributed by atoms with Crippen LogP contribution in [0.5, 0.6) is 0 Å². The molecule has 1 aromatic rings. The third-order valence-electron chi connectivity index (χ3n) is 4.50. The molecule has 1 heterocycles. The van der Waals surface area contributed by atoms with Gasteiger partial charge in [0.15, 0.2) is 0 Å². The molecule has 2 N–H and O–H groups in total. The van der Waals surface area contributed by atoms with E-state index in [-0.39, 0.29) is 5.54 Å². The van der Waals surface area contributed by atoms with Crippen molar-refractivity contribution in [3.63, 3.8) is 0 Å². The predicted octanol–water partition coefficient (Wildman–Crippen LogP) is 2.72. The summed E-state index contributed by atoms with van der Waals surface area (Å²) in [5.74, 6) is 0. The molecule has 1 unspecified atom stereocenters. The van der Waals surface area contributed by atoms with Crippen molar-refractivity contribution < 1.29 is 0 Å². The van der Waals surface area contributed by atoms with Crippen LogP contribution in [0.25, 0.3) is 0 Å². The molecule has 0 saturated carbocycles. The highest BCUT2D eigenvalue weighted by molar-refractivity contribution is 5.49. The van der Waals surface area contributed by atoms with Crippen LogP contribution in [0.3, 0.4) is 0 Å². The zero-order valence-electron chi connectivity index (χ0n) is 13.0. The summed E-state index contributed by atoms with van der Waals surface area (Å²) in [7, 11) is 2.21. The summed E-state index contributed by atoms with van der Waals surface area (Å²) >= 11 is 0. The van der Waals surface area contributed by atoms with Crippen molar-refractivity contribution in [3.05, 3.63) is 30.3 Å². The standard InChI is InChI=1S/C17H29N3/c1-3-4-13-20(16-9-6-5-7-10-16)17(14-18)11-8-12-19(2)15-17/h5-7,9-10H,3-4,8,11-15,18H2,1-2H3. The minimum Gasteiger partial charge on any atom is -0.363 e. The molecule has 1 aliphatic heterocycles. The molecule has 3 heteroatoms. The molecule has 0 radical (unpaired) electrons. The molecule has 1 fully saturated rings. The smallest absolute Gasteiger partial charge is 0.0650 e. The van der Waals surface area contributed by atoms with E-state index in [2.05, 4.69) is 54.1 Å². The number of benzene rings is 1. The summed E-state index contributed by atoms with van der Waals surface area (Å²) in [6.07, 6.45) is 4.88. The van der Waals surface area contributed by atoms with Crippen LogP contribution in [-0.2, 0) is 0 Å². The van der Waals surface area contributed by atoms with Crippen molar-refractivity contribution in [2.24, 2.45) is 5.73 Å². The zero-order valence-corrected chi connectivity index (χ0v) is 13.0. The van der Waals surface area contributed by atoms with Gasteiger partial charge in [-0.1, -0.05) is 31.5 Å². The monoisotopic (exact) mass is 275 g/mol. The Labute approximate surface area is 123 Å². The summed E-state index contributed by atoms with van der Waals surface area (Å²) < 4.78 is 0. The number of likely N-dealkylation sites (N-methyl/N-ethyl adjacent to an activating group) is 1. The molecule has 1 aromatic carbocycles. The van der Waals surface area contributed by atoms with E-state index in [0.717, 1.165) is 19.6 Å². The third kappa shape index (κ3) is 3.33. The highest BCUT2D eigenvalue weighted by atomic mass is 15.3. The molecule has 2 rings (SSSR count). The molecule has 3 nitrogen and oxygen atoms in total. The van der Waals surface area contributed by atoms with Crippen LogP contribution in [0.1, 0.15) is 32.6 Å². The Morgan fingerprint density at radius 2 is 2.05 bits per heavy atom. The van der Waals surface area contributed by atoms with E-state index in [0.29, 0.717) is 0 Å². The van der Waals surface area contributed by atoms with Gasteiger partial charge in [-0.2, -0.15) is 0 Å². The van der Waals surface area contributed by atoms with Gasteiger partial charge in [0.1, 0.15) is 0 Å². The number of rotatable bonds is 6. The molecular weight excluding hydrogens is 246 g/mol. The van der Waals surface area contributed by atoms with Crippen LogP contribution in [0, 0.1) is 0 Å². The number of piperidine rings is 1.